The van der Waals surface area contributed by atoms with Gasteiger partial charge in [0.15, 0.2) is 12.4 Å². The zero-order chi connectivity index (χ0) is 43.4. The van der Waals surface area contributed by atoms with Crippen LogP contribution in [0.2, 0.25) is 0 Å². The van der Waals surface area contributed by atoms with E-state index < -0.39 is 71.2 Å². The van der Waals surface area contributed by atoms with Crippen LogP contribution in [-0.4, -0.2) is 96.0 Å². The largest absolute Gasteiger partial charge is 0.462 e. The molecule has 1 aliphatic rings. The van der Waals surface area contributed by atoms with Crippen molar-refractivity contribution in [2.75, 3.05) is 19.0 Å². The highest BCUT2D eigenvalue weighted by Crippen LogP contribution is 2.24. The molecule has 6 atom stereocenters. The molecule has 59 heavy (non-hydrogen) atoms. The number of hydrogen-bond acceptors (Lipinski definition) is 11. The van der Waals surface area contributed by atoms with E-state index >= 15 is 0 Å². The maximum Gasteiger partial charge on any atom is 0.306 e. The molecule has 0 amide bonds. The molecular weight excluding hydrogens is 777 g/mol. The molecule has 0 spiro atoms. The van der Waals surface area contributed by atoms with Crippen LogP contribution in [0.3, 0.4) is 0 Å². The molecule has 1 fully saturated rings. The van der Waals surface area contributed by atoms with Gasteiger partial charge >= 0.3 is 11.9 Å². The highest BCUT2D eigenvalue weighted by atomic mass is 32.2. The Labute approximate surface area is 359 Å². The lowest BCUT2D eigenvalue weighted by Gasteiger charge is -2.40. The van der Waals surface area contributed by atoms with Crippen LogP contribution in [0, 0.1) is 0 Å². The number of carbonyl (C=O) groups is 2. The monoisotopic (exact) mass is 865 g/mol. The number of ether oxygens (including phenoxy) is 4. The van der Waals surface area contributed by atoms with E-state index in [0.717, 1.165) is 38.5 Å². The lowest BCUT2D eigenvalue weighted by Crippen LogP contribution is -2.60. The van der Waals surface area contributed by atoms with Crippen molar-refractivity contribution in [2.45, 2.75) is 263 Å². The van der Waals surface area contributed by atoms with Crippen molar-refractivity contribution < 1.29 is 56.8 Å². The molecule has 12 nitrogen and oxygen atoms in total. The summed E-state index contributed by atoms with van der Waals surface area (Å²) in [7, 11) is -4.59. The lowest BCUT2D eigenvalue weighted by molar-refractivity contribution is -0.297. The van der Waals surface area contributed by atoms with Gasteiger partial charge in [-0.15, -0.1) is 0 Å². The second-order valence-corrected chi connectivity index (χ2v) is 18.6. The molecule has 0 aliphatic carbocycles. The Morgan fingerprint density at radius 2 is 0.864 bits per heavy atom. The van der Waals surface area contributed by atoms with Gasteiger partial charge in [0.1, 0.15) is 36.8 Å². The maximum atomic E-state index is 12.8. The first-order chi connectivity index (χ1) is 28.5. The molecule has 1 rings (SSSR count). The minimum absolute atomic E-state index is 0.172. The highest BCUT2D eigenvalue weighted by Gasteiger charge is 2.46. The van der Waals surface area contributed by atoms with E-state index in [0.29, 0.717) is 12.8 Å². The lowest BCUT2D eigenvalue weighted by atomic mass is 10.00. The van der Waals surface area contributed by atoms with Crippen LogP contribution in [0.5, 0.6) is 0 Å². The third-order valence-corrected chi connectivity index (χ3v) is 12.2. The standard InChI is InChI=1S/C46H88O12S/c1-3-5-7-9-11-13-14-15-16-17-18-19-20-21-22-23-24-25-26-27-29-31-33-35-42(48)57-39(36-55-41(47)34-32-30-28-12-10-8-6-4-2)37-56-46-45(51)44(50)43(49)40(58-46)38-59(52,53)54/h39-40,43-46,49-51H,3-38H2,1-2H3,(H,52,53,54)/t39-,40-,43-,44?,45?,46+/m1/s1. The first-order valence-electron chi connectivity index (χ1n) is 24.1. The molecule has 1 aliphatic heterocycles. The van der Waals surface area contributed by atoms with Crippen molar-refractivity contribution in [1.82, 2.24) is 0 Å². The number of unbranched alkanes of at least 4 members (excludes halogenated alkanes) is 29. The van der Waals surface area contributed by atoms with Crippen molar-refractivity contribution in [3.05, 3.63) is 0 Å². The van der Waals surface area contributed by atoms with Crippen molar-refractivity contribution in [2.24, 2.45) is 0 Å². The summed E-state index contributed by atoms with van der Waals surface area (Å²) in [6.07, 6.45) is 28.9. The predicted octanol–water partition coefficient (Wildman–Crippen LogP) is 10.1. The molecule has 0 saturated carbocycles. The SMILES string of the molecule is CCCCCCCCCCCCCCCCCCCCCCCCCC(=O)O[C@H](COC(=O)CCCCCCCCCC)CO[C@H]1O[C@H](CS(=O)(=O)O)[C@@H](O)C(O)C1O. The molecule has 1 saturated heterocycles. The minimum Gasteiger partial charge on any atom is -0.462 e. The van der Waals surface area contributed by atoms with Crippen LogP contribution >= 0.6 is 0 Å². The molecular formula is C46H88O12S. The number of hydrogen-bond donors (Lipinski definition) is 4. The van der Waals surface area contributed by atoms with Gasteiger partial charge in [-0.2, -0.15) is 8.42 Å². The molecule has 0 bridgehead atoms. The number of aliphatic hydroxyl groups excluding tert-OH is 3. The molecule has 350 valence electrons. The zero-order valence-electron chi connectivity index (χ0n) is 37.4. The Morgan fingerprint density at radius 1 is 0.508 bits per heavy atom. The van der Waals surface area contributed by atoms with Crippen LogP contribution in [0.4, 0.5) is 0 Å². The molecule has 2 unspecified atom stereocenters. The summed E-state index contributed by atoms with van der Waals surface area (Å²) in [4.78, 5) is 25.3. The van der Waals surface area contributed by atoms with Crippen LogP contribution in [-0.2, 0) is 38.7 Å². The summed E-state index contributed by atoms with van der Waals surface area (Å²) in [5.74, 6) is -1.97. The summed E-state index contributed by atoms with van der Waals surface area (Å²) in [5.41, 5.74) is 0. The smallest absolute Gasteiger partial charge is 0.306 e. The summed E-state index contributed by atoms with van der Waals surface area (Å²) < 4.78 is 54.0. The molecule has 4 N–H and O–H groups in total. The topological polar surface area (TPSA) is 186 Å². The summed E-state index contributed by atoms with van der Waals surface area (Å²) in [6.45, 7) is 3.75. The van der Waals surface area contributed by atoms with Crippen molar-refractivity contribution in [1.29, 1.82) is 0 Å². The van der Waals surface area contributed by atoms with E-state index in [9.17, 15) is 37.9 Å². The number of rotatable bonds is 41. The van der Waals surface area contributed by atoms with E-state index in [1.165, 1.54) is 148 Å². The van der Waals surface area contributed by atoms with E-state index in [1.807, 2.05) is 0 Å². The first kappa shape index (κ1) is 55.7. The Balaban J connectivity index is 2.29. The van der Waals surface area contributed by atoms with Gasteiger partial charge in [-0.3, -0.25) is 14.1 Å². The van der Waals surface area contributed by atoms with Gasteiger partial charge in [0, 0.05) is 12.8 Å². The van der Waals surface area contributed by atoms with Crippen LogP contribution < -0.4 is 0 Å². The van der Waals surface area contributed by atoms with Crippen molar-refractivity contribution >= 4 is 22.1 Å². The van der Waals surface area contributed by atoms with Crippen LogP contribution in [0.15, 0.2) is 0 Å². The van der Waals surface area contributed by atoms with Gasteiger partial charge in [0.25, 0.3) is 10.1 Å². The Bertz CT molecular complexity index is 1110. The molecule has 0 aromatic carbocycles. The fourth-order valence-corrected chi connectivity index (χ4v) is 8.37. The average molecular weight is 865 g/mol. The number of carbonyl (C=O) groups excluding carboxylic acids is 2. The van der Waals surface area contributed by atoms with E-state index in [-0.39, 0.29) is 19.4 Å². The molecule has 13 heteroatoms. The second kappa shape index (κ2) is 37.2. The number of aliphatic hydroxyl groups is 3. The van der Waals surface area contributed by atoms with Gasteiger partial charge in [-0.05, 0) is 12.8 Å². The van der Waals surface area contributed by atoms with Crippen LogP contribution in [0.1, 0.15) is 226 Å². The van der Waals surface area contributed by atoms with Gasteiger partial charge in [0.2, 0.25) is 0 Å². The summed E-state index contributed by atoms with van der Waals surface area (Å²) in [5, 5.41) is 30.8. The highest BCUT2D eigenvalue weighted by molar-refractivity contribution is 7.85. The quantitative estimate of drug-likeness (QED) is 0.0259. The first-order valence-corrected chi connectivity index (χ1v) is 25.7. The fraction of sp³-hybridized carbons (Fsp3) is 0.957. The van der Waals surface area contributed by atoms with Crippen LogP contribution in [0.25, 0.3) is 0 Å². The Hall–Kier alpha value is -1.35. The molecule has 0 radical (unpaired) electrons. The average Bonchev–Trinajstić information content (AvgIpc) is 3.20. The molecule has 0 aromatic rings. The van der Waals surface area contributed by atoms with Gasteiger partial charge < -0.3 is 34.3 Å². The van der Waals surface area contributed by atoms with E-state index in [4.69, 9.17) is 18.9 Å². The second-order valence-electron chi connectivity index (χ2n) is 17.1. The summed E-state index contributed by atoms with van der Waals surface area (Å²) in [6, 6.07) is 0. The van der Waals surface area contributed by atoms with E-state index in [2.05, 4.69) is 13.8 Å². The van der Waals surface area contributed by atoms with Crippen molar-refractivity contribution in [3.63, 3.8) is 0 Å². The van der Waals surface area contributed by atoms with Gasteiger partial charge in [-0.25, -0.2) is 0 Å². The normalized spacial score (nSPS) is 20.1. The number of esters is 2. The van der Waals surface area contributed by atoms with Crippen molar-refractivity contribution in [3.8, 4) is 0 Å². The minimum atomic E-state index is -4.59. The molecule has 0 aromatic heterocycles. The molecule has 1 heterocycles. The van der Waals surface area contributed by atoms with Gasteiger partial charge in [0.05, 0.1) is 6.61 Å². The predicted molar refractivity (Wildman–Crippen MR) is 234 cm³/mol. The zero-order valence-corrected chi connectivity index (χ0v) is 38.2. The van der Waals surface area contributed by atoms with Gasteiger partial charge in [-0.1, -0.05) is 200 Å². The Kier molecular flexibility index (Phi) is 35.1. The fourth-order valence-electron chi connectivity index (χ4n) is 7.68. The van der Waals surface area contributed by atoms with E-state index in [1.54, 1.807) is 0 Å². The third kappa shape index (κ3) is 32.1. The summed E-state index contributed by atoms with van der Waals surface area (Å²) >= 11 is 0. The third-order valence-electron chi connectivity index (χ3n) is 11.4. The Morgan fingerprint density at radius 3 is 1.24 bits per heavy atom. The maximum absolute atomic E-state index is 12.8.